The van der Waals surface area contributed by atoms with Crippen molar-refractivity contribution in [3.05, 3.63) is 23.8 Å². The van der Waals surface area contributed by atoms with Gasteiger partial charge in [0.05, 0.1) is 22.3 Å². The quantitative estimate of drug-likeness (QED) is 0.533. The third-order valence-electron chi connectivity index (χ3n) is 5.64. The SMILES string of the molecule is CC(C)(CCNC(=O)Nc1cc(B2OC(C)(C)C(C)(C)O2)c(F)cc1F)C(F)(F)F. The summed E-state index contributed by atoms with van der Waals surface area (Å²) in [5.74, 6) is -1.96. The summed E-state index contributed by atoms with van der Waals surface area (Å²) in [4.78, 5) is 12.0. The Morgan fingerprint density at radius 2 is 1.57 bits per heavy atom. The van der Waals surface area contributed by atoms with Gasteiger partial charge in [0.2, 0.25) is 0 Å². The predicted molar refractivity (Wildman–Crippen MR) is 104 cm³/mol. The van der Waals surface area contributed by atoms with Gasteiger partial charge in [0, 0.05) is 18.1 Å². The van der Waals surface area contributed by atoms with Crippen molar-refractivity contribution in [1.29, 1.82) is 0 Å². The van der Waals surface area contributed by atoms with E-state index in [4.69, 9.17) is 9.31 Å². The Kier molecular flexibility index (Phi) is 6.50. The van der Waals surface area contributed by atoms with E-state index < -0.39 is 47.6 Å². The van der Waals surface area contributed by atoms with Crippen LogP contribution in [0.4, 0.5) is 32.4 Å². The molecule has 11 heteroatoms. The molecule has 2 N–H and O–H groups in total. The third kappa shape index (κ3) is 5.05. The number of carbonyl (C=O) groups is 1. The fourth-order valence-electron chi connectivity index (χ4n) is 2.61. The predicted octanol–water partition coefficient (Wildman–Crippen LogP) is 4.36. The zero-order chi connectivity index (χ0) is 23.1. The molecule has 1 fully saturated rings. The second-order valence-electron chi connectivity index (χ2n) is 8.95. The normalized spacial score (nSPS) is 18.4. The van der Waals surface area contributed by atoms with Crippen LogP contribution in [0, 0.1) is 17.0 Å². The van der Waals surface area contributed by atoms with Crippen LogP contribution in [0.5, 0.6) is 0 Å². The van der Waals surface area contributed by atoms with Gasteiger partial charge in [-0.3, -0.25) is 0 Å². The molecule has 0 spiro atoms. The van der Waals surface area contributed by atoms with Gasteiger partial charge in [-0.05, 0) is 40.2 Å². The smallest absolute Gasteiger partial charge is 0.399 e. The molecule has 0 bridgehead atoms. The largest absolute Gasteiger partial charge is 0.497 e. The van der Waals surface area contributed by atoms with E-state index in [9.17, 15) is 26.7 Å². The average molecular weight is 436 g/mol. The van der Waals surface area contributed by atoms with Gasteiger partial charge < -0.3 is 19.9 Å². The van der Waals surface area contributed by atoms with Gasteiger partial charge >= 0.3 is 19.3 Å². The van der Waals surface area contributed by atoms with E-state index >= 15 is 0 Å². The first kappa shape index (κ1) is 24.4. The van der Waals surface area contributed by atoms with Gasteiger partial charge in [0.15, 0.2) is 0 Å². The highest BCUT2D eigenvalue weighted by atomic mass is 19.4. The standard InChI is InChI=1S/C19H26BF5N2O3/c1-16(2,19(23,24)25)7-8-26-15(28)27-14-9-11(12(21)10-13(14)22)20-29-17(3,4)18(5,6)30-20/h9-10H,7-8H2,1-6H3,(H2,26,27,28). The zero-order valence-corrected chi connectivity index (χ0v) is 17.8. The Hall–Kier alpha value is -1.88. The van der Waals surface area contributed by atoms with Crippen molar-refractivity contribution < 1.29 is 36.1 Å². The van der Waals surface area contributed by atoms with Crippen molar-refractivity contribution in [2.75, 3.05) is 11.9 Å². The number of urea groups is 1. The number of alkyl halides is 3. The van der Waals surface area contributed by atoms with Crippen LogP contribution in [0.2, 0.25) is 0 Å². The van der Waals surface area contributed by atoms with E-state index in [0.29, 0.717) is 6.07 Å². The Morgan fingerprint density at radius 1 is 1.03 bits per heavy atom. The highest BCUT2D eigenvalue weighted by molar-refractivity contribution is 6.62. The molecule has 1 saturated heterocycles. The molecular formula is C19H26BF5N2O3. The van der Waals surface area contributed by atoms with Crippen molar-refractivity contribution >= 4 is 24.3 Å². The van der Waals surface area contributed by atoms with Crippen LogP contribution >= 0.6 is 0 Å². The number of benzene rings is 1. The topological polar surface area (TPSA) is 59.6 Å². The first-order valence-electron chi connectivity index (χ1n) is 9.43. The van der Waals surface area contributed by atoms with Gasteiger partial charge in [0.1, 0.15) is 11.6 Å². The maximum absolute atomic E-state index is 14.3. The number of rotatable bonds is 5. The maximum Gasteiger partial charge on any atom is 0.497 e. The van der Waals surface area contributed by atoms with Crippen LogP contribution in [-0.2, 0) is 9.31 Å². The lowest BCUT2D eigenvalue weighted by Gasteiger charge is -2.32. The second kappa shape index (κ2) is 7.99. The summed E-state index contributed by atoms with van der Waals surface area (Å²) < 4.78 is 78.5. The molecule has 30 heavy (non-hydrogen) atoms. The minimum Gasteiger partial charge on any atom is -0.399 e. The molecule has 0 unspecified atom stereocenters. The molecule has 0 saturated carbocycles. The summed E-state index contributed by atoms with van der Waals surface area (Å²) in [5, 5.41) is 4.43. The second-order valence-corrected chi connectivity index (χ2v) is 8.95. The van der Waals surface area contributed by atoms with Crippen molar-refractivity contribution in [2.24, 2.45) is 5.41 Å². The first-order chi connectivity index (χ1) is 13.5. The van der Waals surface area contributed by atoms with Crippen molar-refractivity contribution in [3.63, 3.8) is 0 Å². The molecular weight excluding hydrogens is 410 g/mol. The Bertz CT molecular complexity index is 796. The summed E-state index contributed by atoms with van der Waals surface area (Å²) in [6, 6.07) is 0.716. The van der Waals surface area contributed by atoms with Gasteiger partial charge in [-0.25, -0.2) is 13.6 Å². The van der Waals surface area contributed by atoms with Crippen LogP contribution in [0.15, 0.2) is 12.1 Å². The molecule has 0 aliphatic carbocycles. The molecule has 1 aliphatic rings. The van der Waals surface area contributed by atoms with E-state index in [1.165, 1.54) is 0 Å². The molecule has 168 valence electrons. The molecule has 5 nitrogen and oxygen atoms in total. The van der Waals surface area contributed by atoms with Crippen LogP contribution in [-0.4, -0.2) is 37.1 Å². The fourth-order valence-corrected chi connectivity index (χ4v) is 2.61. The molecule has 1 aliphatic heterocycles. The first-order valence-corrected chi connectivity index (χ1v) is 9.43. The van der Waals surface area contributed by atoms with Crippen molar-refractivity contribution in [2.45, 2.75) is 65.3 Å². The summed E-state index contributed by atoms with van der Waals surface area (Å²) in [7, 11) is -1.12. The summed E-state index contributed by atoms with van der Waals surface area (Å²) in [6.45, 7) is 8.82. The van der Waals surface area contributed by atoms with Crippen LogP contribution in [0.3, 0.4) is 0 Å². The monoisotopic (exact) mass is 436 g/mol. The summed E-state index contributed by atoms with van der Waals surface area (Å²) in [6.07, 6.45) is -4.79. The Balaban J connectivity index is 2.09. The van der Waals surface area contributed by atoms with Crippen molar-refractivity contribution in [1.82, 2.24) is 5.32 Å². The van der Waals surface area contributed by atoms with Crippen LogP contribution in [0.25, 0.3) is 0 Å². The van der Waals surface area contributed by atoms with Crippen LogP contribution in [0.1, 0.15) is 48.0 Å². The highest BCUT2D eigenvalue weighted by Crippen LogP contribution is 2.40. The molecule has 1 heterocycles. The highest BCUT2D eigenvalue weighted by Gasteiger charge is 2.52. The van der Waals surface area contributed by atoms with Gasteiger partial charge in [-0.1, -0.05) is 13.8 Å². The lowest BCUT2D eigenvalue weighted by atomic mass is 9.78. The Labute approximate surface area is 172 Å². The number of anilines is 1. The fraction of sp³-hybridized carbons (Fsp3) is 0.632. The molecule has 1 aromatic carbocycles. The molecule has 2 rings (SSSR count). The van der Waals surface area contributed by atoms with E-state index in [1.54, 1.807) is 27.7 Å². The molecule has 0 radical (unpaired) electrons. The van der Waals surface area contributed by atoms with Gasteiger partial charge in [-0.2, -0.15) is 13.2 Å². The third-order valence-corrected chi connectivity index (χ3v) is 5.64. The number of hydrogen-bond donors (Lipinski definition) is 2. The number of halogens is 5. The number of hydrogen-bond acceptors (Lipinski definition) is 3. The lowest BCUT2D eigenvalue weighted by molar-refractivity contribution is -0.213. The summed E-state index contributed by atoms with van der Waals surface area (Å²) in [5.41, 5.74) is -3.97. The molecule has 1 aromatic rings. The molecule has 0 aromatic heterocycles. The molecule has 2 amide bonds. The van der Waals surface area contributed by atoms with Crippen LogP contribution < -0.4 is 16.1 Å². The zero-order valence-electron chi connectivity index (χ0n) is 17.8. The number of nitrogens with one attached hydrogen (secondary N) is 2. The van der Waals surface area contributed by atoms with E-state index in [2.05, 4.69) is 10.6 Å². The average Bonchev–Trinajstić information content (AvgIpc) is 2.76. The summed E-state index contributed by atoms with van der Waals surface area (Å²) >= 11 is 0. The van der Waals surface area contributed by atoms with E-state index in [-0.39, 0.29) is 24.1 Å². The minimum atomic E-state index is -4.42. The maximum atomic E-state index is 14.3. The van der Waals surface area contributed by atoms with Crippen molar-refractivity contribution in [3.8, 4) is 0 Å². The number of carbonyl (C=O) groups excluding carboxylic acids is 1. The Morgan fingerprint density at radius 3 is 2.07 bits per heavy atom. The molecule has 0 atom stereocenters. The van der Waals surface area contributed by atoms with Gasteiger partial charge in [0.25, 0.3) is 0 Å². The lowest BCUT2D eigenvalue weighted by Crippen LogP contribution is -2.41. The van der Waals surface area contributed by atoms with E-state index in [0.717, 1.165) is 19.9 Å². The van der Waals surface area contributed by atoms with Gasteiger partial charge in [-0.15, -0.1) is 0 Å². The minimum absolute atomic E-state index is 0.108. The van der Waals surface area contributed by atoms with E-state index in [1.807, 2.05) is 0 Å². The number of amides is 2.